The molecule has 3 rings (SSSR count). The number of carbonyl (C=O) groups excluding carboxylic acids is 2. The Labute approximate surface area is 244 Å². The van der Waals surface area contributed by atoms with Crippen molar-refractivity contribution in [2.75, 3.05) is 24.2 Å². The van der Waals surface area contributed by atoms with Gasteiger partial charge in [0, 0.05) is 32.0 Å². The van der Waals surface area contributed by atoms with Crippen molar-refractivity contribution in [1.82, 2.24) is 10.2 Å². The van der Waals surface area contributed by atoms with E-state index in [1.54, 1.807) is 18.1 Å². The number of aryl methyl sites for hydroxylation is 1. The summed E-state index contributed by atoms with van der Waals surface area (Å²) in [6.45, 7) is 6.02. The first-order chi connectivity index (χ1) is 19.5. The largest absolute Gasteiger partial charge is 0.497 e. The second kappa shape index (κ2) is 14.7. The van der Waals surface area contributed by atoms with E-state index in [4.69, 9.17) is 4.74 Å². The third kappa shape index (κ3) is 9.63. The number of carbonyl (C=O) groups is 2. The highest BCUT2D eigenvalue weighted by molar-refractivity contribution is 7.92. The summed E-state index contributed by atoms with van der Waals surface area (Å²) in [5.74, 6) is 0.186. The molecule has 0 aliphatic heterocycles. The highest BCUT2D eigenvalue weighted by atomic mass is 32.2. The number of hydrogen-bond donors (Lipinski definition) is 1. The number of benzene rings is 3. The van der Waals surface area contributed by atoms with Gasteiger partial charge in [-0.05, 0) is 68.1 Å². The third-order valence-corrected chi connectivity index (χ3v) is 7.82. The Bertz CT molecular complexity index is 1410. The molecule has 2 amide bonds. The smallest absolute Gasteiger partial charge is 0.243 e. The molecule has 1 N–H and O–H groups in total. The van der Waals surface area contributed by atoms with Crippen LogP contribution in [-0.2, 0) is 32.6 Å². The molecule has 3 aromatic carbocycles. The summed E-state index contributed by atoms with van der Waals surface area (Å²) < 4.78 is 32.0. The Morgan fingerprint density at radius 2 is 1.61 bits per heavy atom. The molecule has 0 heterocycles. The molecule has 41 heavy (non-hydrogen) atoms. The highest BCUT2D eigenvalue weighted by Crippen LogP contribution is 2.22. The Hall–Kier alpha value is -3.85. The molecule has 0 unspecified atom stereocenters. The van der Waals surface area contributed by atoms with Crippen molar-refractivity contribution in [1.29, 1.82) is 0 Å². The molecule has 1 atom stereocenters. The number of nitrogens with zero attached hydrogens (tertiary/aromatic N) is 2. The van der Waals surface area contributed by atoms with Gasteiger partial charge in [-0.3, -0.25) is 13.9 Å². The first-order valence-corrected chi connectivity index (χ1v) is 15.6. The molecule has 8 nitrogen and oxygen atoms in total. The van der Waals surface area contributed by atoms with Crippen LogP contribution in [0.1, 0.15) is 43.4 Å². The van der Waals surface area contributed by atoms with E-state index in [9.17, 15) is 18.0 Å². The topological polar surface area (TPSA) is 96.0 Å². The molecule has 0 aromatic heterocycles. The fourth-order valence-electron chi connectivity index (χ4n) is 4.69. The average molecular weight is 580 g/mol. The van der Waals surface area contributed by atoms with Gasteiger partial charge in [-0.1, -0.05) is 54.6 Å². The van der Waals surface area contributed by atoms with Crippen LogP contribution >= 0.6 is 0 Å². The Balaban J connectivity index is 1.90. The molecule has 9 heteroatoms. The first-order valence-electron chi connectivity index (χ1n) is 13.8. The van der Waals surface area contributed by atoms with E-state index in [2.05, 4.69) is 5.32 Å². The molecule has 0 bridgehead atoms. The molecule has 0 radical (unpaired) electrons. The van der Waals surface area contributed by atoms with Crippen LogP contribution in [0.25, 0.3) is 0 Å². The van der Waals surface area contributed by atoms with E-state index >= 15 is 0 Å². The number of rotatable bonds is 14. The van der Waals surface area contributed by atoms with Gasteiger partial charge in [0.25, 0.3) is 0 Å². The lowest BCUT2D eigenvalue weighted by Gasteiger charge is -2.32. The summed E-state index contributed by atoms with van der Waals surface area (Å²) in [7, 11) is -1.98. The minimum Gasteiger partial charge on any atom is -0.497 e. The van der Waals surface area contributed by atoms with Gasteiger partial charge >= 0.3 is 0 Å². The van der Waals surface area contributed by atoms with Gasteiger partial charge in [-0.2, -0.15) is 0 Å². The zero-order chi connectivity index (χ0) is 30.0. The maximum Gasteiger partial charge on any atom is 0.243 e. The van der Waals surface area contributed by atoms with E-state index in [1.165, 1.54) is 10.6 Å². The van der Waals surface area contributed by atoms with Gasteiger partial charge in [-0.25, -0.2) is 8.42 Å². The molecule has 0 spiro atoms. The van der Waals surface area contributed by atoms with Gasteiger partial charge < -0.3 is 15.0 Å². The lowest BCUT2D eigenvalue weighted by atomic mass is 10.0. The summed E-state index contributed by atoms with van der Waals surface area (Å²) in [5.41, 5.74) is 3.26. The van der Waals surface area contributed by atoms with Crippen LogP contribution in [0.5, 0.6) is 5.75 Å². The molecule has 3 aromatic rings. The Morgan fingerprint density at radius 3 is 2.24 bits per heavy atom. The fourth-order valence-corrected chi connectivity index (χ4v) is 5.65. The molecule has 0 saturated heterocycles. The van der Waals surface area contributed by atoms with Crippen molar-refractivity contribution in [3.05, 3.63) is 95.6 Å². The van der Waals surface area contributed by atoms with Crippen molar-refractivity contribution in [3.63, 3.8) is 0 Å². The number of sulfonamides is 1. The van der Waals surface area contributed by atoms with Gasteiger partial charge in [0.15, 0.2) is 0 Å². The fraction of sp³-hybridized carbons (Fsp3) is 0.375. The number of anilines is 1. The first kappa shape index (κ1) is 31.7. The molecular formula is C32H41N3O5S. The average Bonchev–Trinajstić information content (AvgIpc) is 2.92. The SMILES string of the molecule is COc1cccc(CN(C(=O)CCCN(c2cccc(C)c2)S(C)(=O)=O)[C@H](Cc2ccccc2)C(=O)NC(C)C)c1. The molecule has 0 fully saturated rings. The summed E-state index contributed by atoms with van der Waals surface area (Å²) in [5, 5.41) is 2.98. The zero-order valence-corrected chi connectivity index (χ0v) is 25.4. The minimum absolute atomic E-state index is 0.0715. The summed E-state index contributed by atoms with van der Waals surface area (Å²) in [6.07, 6.45) is 1.87. The molecular weight excluding hydrogens is 538 g/mol. The quantitative estimate of drug-likeness (QED) is 0.298. The molecule has 0 aliphatic carbocycles. The monoisotopic (exact) mass is 579 g/mol. The standard InChI is InChI=1S/C32H41N3O5S/c1-24(2)33-32(37)30(22-26-13-7-6-8-14-26)34(23-27-15-10-17-29(21-27)40-4)31(36)18-11-19-35(41(5,38)39)28-16-9-12-25(3)20-28/h6-10,12-17,20-21,24,30H,11,18-19,22-23H2,1-5H3,(H,33,37)/t30-/m1/s1. The predicted molar refractivity (Wildman–Crippen MR) is 163 cm³/mol. The van der Waals surface area contributed by atoms with E-state index in [0.717, 1.165) is 16.7 Å². The number of hydrogen-bond acceptors (Lipinski definition) is 5. The number of ether oxygens (including phenoxy) is 1. The van der Waals surface area contributed by atoms with Crippen LogP contribution in [-0.4, -0.2) is 57.1 Å². The third-order valence-electron chi connectivity index (χ3n) is 6.63. The summed E-state index contributed by atoms with van der Waals surface area (Å²) >= 11 is 0. The summed E-state index contributed by atoms with van der Waals surface area (Å²) in [6, 6.07) is 23.4. The van der Waals surface area contributed by atoms with E-state index in [1.807, 2.05) is 93.6 Å². The zero-order valence-electron chi connectivity index (χ0n) is 24.5. The lowest BCUT2D eigenvalue weighted by molar-refractivity contribution is -0.141. The van der Waals surface area contributed by atoms with Crippen LogP contribution in [0.15, 0.2) is 78.9 Å². The highest BCUT2D eigenvalue weighted by Gasteiger charge is 2.31. The number of methoxy groups -OCH3 is 1. The Kier molecular flexibility index (Phi) is 11.3. The second-order valence-corrected chi connectivity index (χ2v) is 12.4. The van der Waals surface area contributed by atoms with Crippen LogP contribution < -0.4 is 14.4 Å². The van der Waals surface area contributed by atoms with Crippen LogP contribution in [0.4, 0.5) is 5.69 Å². The van der Waals surface area contributed by atoms with E-state index < -0.39 is 16.1 Å². The lowest BCUT2D eigenvalue weighted by Crippen LogP contribution is -2.51. The molecule has 0 aliphatic rings. The molecule has 220 valence electrons. The maximum atomic E-state index is 13.9. The van der Waals surface area contributed by atoms with Crippen molar-refractivity contribution in [2.45, 2.75) is 58.7 Å². The van der Waals surface area contributed by atoms with Gasteiger partial charge in [0.2, 0.25) is 21.8 Å². The van der Waals surface area contributed by atoms with E-state index in [-0.39, 0.29) is 43.8 Å². The predicted octanol–water partition coefficient (Wildman–Crippen LogP) is 4.71. The van der Waals surface area contributed by atoms with Crippen molar-refractivity contribution in [3.8, 4) is 5.75 Å². The maximum absolute atomic E-state index is 13.9. The summed E-state index contributed by atoms with van der Waals surface area (Å²) in [4.78, 5) is 29.0. The van der Waals surface area contributed by atoms with Gasteiger partial charge in [0.1, 0.15) is 11.8 Å². The van der Waals surface area contributed by atoms with Crippen LogP contribution in [0.2, 0.25) is 0 Å². The molecule has 0 saturated carbocycles. The van der Waals surface area contributed by atoms with Crippen molar-refractivity contribution < 1.29 is 22.7 Å². The normalized spacial score (nSPS) is 12.0. The second-order valence-electron chi connectivity index (χ2n) is 10.5. The van der Waals surface area contributed by atoms with Crippen LogP contribution in [0, 0.1) is 6.92 Å². The minimum atomic E-state index is -3.56. The van der Waals surface area contributed by atoms with Crippen molar-refractivity contribution >= 4 is 27.5 Å². The van der Waals surface area contributed by atoms with Gasteiger partial charge in [-0.15, -0.1) is 0 Å². The van der Waals surface area contributed by atoms with Crippen LogP contribution in [0.3, 0.4) is 0 Å². The Morgan fingerprint density at radius 1 is 0.927 bits per heavy atom. The van der Waals surface area contributed by atoms with Crippen molar-refractivity contribution in [2.24, 2.45) is 0 Å². The number of amides is 2. The number of nitrogens with one attached hydrogen (secondary N) is 1. The van der Waals surface area contributed by atoms with E-state index in [0.29, 0.717) is 17.9 Å². The van der Waals surface area contributed by atoms with Gasteiger partial charge in [0.05, 0.1) is 19.1 Å².